The number of hydrogen-bond acceptors (Lipinski definition) is 1. The van der Waals surface area contributed by atoms with Crippen LogP contribution >= 0.6 is 0 Å². The van der Waals surface area contributed by atoms with Gasteiger partial charge in [0.15, 0.2) is 0 Å². The van der Waals surface area contributed by atoms with Crippen LogP contribution in [0.2, 0.25) is 0 Å². The third-order valence-corrected chi connectivity index (χ3v) is 2.58. The number of carbonyl (C=O) groups is 1. The summed E-state index contributed by atoms with van der Waals surface area (Å²) in [5.74, 6) is 0.0649. The molecule has 72 valence electrons. The first-order valence-electron chi connectivity index (χ1n) is 4.82. The lowest BCUT2D eigenvalue weighted by Crippen LogP contribution is -2.30. The average molecular weight is 187 g/mol. The molecule has 1 aliphatic heterocycles. The van der Waals surface area contributed by atoms with Crippen molar-refractivity contribution in [1.82, 2.24) is 5.32 Å². The molecule has 0 saturated carbocycles. The first-order chi connectivity index (χ1) is 6.79. The normalized spacial score (nSPS) is 16.8. The highest BCUT2D eigenvalue weighted by atomic mass is 16.1. The highest BCUT2D eigenvalue weighted by molar-refractivity contribution is 6.02. The van der Waals surface area contributed by atoms with Crippen molar-refractivity contribution in [3.05, 3.63) is 41.5 Å². The minimum Gasteiger partial charge on any atom is -0.352 e. The van der Waals surface area contributed by atoms with Gasteiger partial charge in [0.25, 0.3) is 0 Å². The van der Waals surface area contributed by atoms with Gasteiger partial charge in [-0.3, -0.25) is 4.79 Å². The Labute approximate surface area is 83.6 Å². The van der Waals surface area contributed by atoms with Crippen molar-refractivity contribution in [1.29, 1.82) is 0 Å². The lowest BCUT2D eigenvalue weighted by Gasteiger charge is -2.18. The quantitative estimate of drug-likeness (QED) is 0.715. The number of amides is 1. The smallest absolute Gasteiger partial charge is 0.247 e. The van der Waals surface area contributed by atoms with Crippen molar-refractivity contribution in [2.75, 3.05) is 6.54 Å². The molecule has 0 bridgehead atoms. The van der Waals surface area contributed by atoms with Gasteiger partial charge >= 0.3 is 0 Å². The zero-order chi connectivity index (χ0) is 9.97. The molecule has 0 atom stereocenters. The number of rotatable bonds is 1. The summed E-state index contributed by atoms with van der Waals surface area (Å²) in [7, 11) is 0. The number of benzene rings is 1. The molecule has 1 aliphatic rings. The van der Waals surface area contributed by atoms with Crippen LogP contribution in [0.25, 0.3) is 5.57 Å². The Balaban J connectivity index is 2.43. The van der Waals surface area contributed by atoms with Crippen LogP contribution < -0.4 is 5.32 Å². The van der Waals surface area contributed by atoms with Gasteiger partial charge < -0.3 is 5.32 Å². The van der Waals surface area contributed by atoms with Crippen molar-refractivity contribution in [2.24, 2.45) is 0 Å². The standard InChI is InChI=1S/C12H13NO/c1-9-11(7-8-13-12(9)14)10-5-3-2-4-6-10/h2-6H,7-8H2,1H3,(H,13,14). The number of hydrogen-bond donors (Lipinski definition) is 1. The van der Waals surface area contributed by atoms with Gasteiger partial charge in [-0.25, -0.2) is 0 Å². The summed E-state index contributed by atoms with van der Waals surface area (Å²) in [5.41, 5.74) is 3.19. The van der Waals surface area contributed by atoms with E-state index in [9.17, 15) is 4.79 Å². The van der Waals surface area contributed by atoms with E-state index in [1.807, 2.05) is 25.1 Å². The predicted octanol–water partition coefficient (Wildman–Crippen LogP) is 1.98. The summed E-state index contributed by atoms with van der Waals surface area (Å²) in [6.07, 6.45) is 0.932. The van der Waals surface area contributed by atoms with Gasteiger partial charge in [-0.1, -0.05) is 30.3 Å². The number of nitrogens with one attached hydrogen (secondary N) is 1. The van der Waals surface area contributed by atoms with E-state index in [0.29, 0.717) is 0 Å². The second kappa shape index (κ2) is 3.66. The SMILES string of the molecule is CC1=C(c2ccccc2)CCNC1=O. The molecular weight excluding hydrogens is 174 g/mol. The van der Waals surface area contributed by atoms with E-state index in [1.165, 1.54) is 11.1 Å². The van der Waals surface area contributed by atoms with E-state index >= 15 is 0 Å². The fourth-order valence-corrected chi connectivity index (χ4v) is 1.76. The van der Waals surface area contributed by atoms with Gasteiger partial charge in [0, 0.05) is 12.1 Å². The molecule has 0 spiro atoms. The van der Waals surface area contributed by atoms with Crippen LogP contribution in [0.3, 0.4) is 0 Å². The second-order valence-electron chi connectivity index (χ2n) is 3.48. The average Bonchev–Trinajstić information content (AvgIpc) is 2.23. The van der Waals surface area contributed by atoms with Gasteiger partial charge in [0.2, 0.25) is 5.91 Å². The minimum atomic E-state index is 0.0649. The van der Waals surface area contributed by atoms with Crippen LogP contribution in [0.5, 0.6) is 0 Å². The Hall–Kier alpha value is -1.57. The van der Waals surface area contributed by atoms with Crippen molar-refractivity contribution in [3.8, 4) is 0 Å². The van der Waals surface area contributed by atoms with E-state index in [1.54, 1.807) is 0 Å². The Morgan fingerprint density at radius 1 is 1.21 bits per heavy atom. The third kappa shape index (κ3) is 1.55. The van der Waals surface area contributed by atoms with E-state index in [-0.39, 0.29) is 5.91 Å². The van der Waals surface area contributed by atoms with Crippen molar-refractivity contribution in [3.63, 3.8) is 0 Å². The van der Waals surface area contributed by atoms with Gasteiger partial charge in [0.05, 0.1) is 0 Å². The molecule has 1 amide bonds. The summed E-state index contributed by atoms with van der Waals surface area (Å²) in [6, 6.07) is 10.1. The molecule has 0 saturated heterocycles. The molecule has 2 heteroatoms. The summed E-state index contributed by atoms with van der Waals surface area (Å²) >= 11 is 0. The molecule has 0 unspecified atom stereocenters. The first-order valence-corrected chi connectivity index (χ1v) is 4.82. The van der Waals surface area contributed by atoms with Crippen molar-refractivity contribution < 1.29 is 4.79 Å². The van der Waals surface area contributed by atoms with Crippen LogP contribution in [0.15, 0.2) is 35.9 Å². The predicted molar refractivity (Wildman–Crippen MR) is 56.7 cm³/mol. The molecule has 1 N–H and O–H groups in total. The minimum absolute atomic E-state index is 0.0649. The van der Waals surface area contributed by atoms with Crippen LogP contribution in [0, 0.1) is 0 Å². The van der Waals surface area contributed by atoms with Crippen molar-refractivity contribution in [2.45, 2.75) is 13.3 Å². The van der Waals surface area contributed by atoms with E-state index < -0.39 is 0 Å². The van der Waals surface area contributed by atoms with E-state index in [0.717, 1.165) is 18.5 Å². The third-order valence-electron chi connectivity index (χ3n) is 2.58. The van der Waals surface area contributed by atoms with Crippen LogP contribution in [0.1, 0.15) is 18.9 Å². The highest BCUT2D eigenvalue weighted by Crippen LogP contribution is 2.24. The monoisotopic (exact) mass is 187 g/mol. The highest BCUT2D eigenvalue weighted by Gasteiger charge is 2.16. The molecule has 0 aliphatic carbocycles. The molecule has 0 aromatic heterocycles. The molecule has 1 heterocycles. The summed E-state index contributed by atoms with van der Waals surface area (Å²) in [5, 5.41) is 2.83. The lowest BCUT2D eigenvalue weighted by molar-refractivity contribution is -0.117. The maximum absolute atomic E-state index is 11.4. The Bertz CT molecular complexity index is 379. The van der Waals surface area contributed by atoms with Gasteiger partial charge in [0.1, 0.15) is 0 Å². The maximum atomic E-state index is 11.4. The van der Waals surface area contributed by atoms with Crippen LogP contribution in [-0.2, 0) is 4.79 Å². The van der Waals surface area contributed by atoms with E-state index in [4.69, 9.17) is 0 Å². The number of carbonyl (C=O) groups excluding carboxylic acids is 1. The fourth-order valence-electron chi connectivity index (χ4n) is 1.76. The molecule has 2 nitrogen and oxygen atoms in total. The Morgan fingerprint density at radius 2 is 1.93 bits per heavy atom. The summed E-state index contributed by atoms with van der Waals surface area (Å²) in [4.78, 5) is 11.4. The molecule has 14 heavy (non-hydrogen) atoms. The Kier molecular flexibility index (Phi) is 2.35. The molecule has 1 aromatic carbocycles. The second-order valence-corrected chi connectivity index (χ2v) is 3.48. The summed E-state index contributed by atoms with van der Waals surface area (Å²) < 4.78 is 0. The first kappa shape index (κ1) is 9.00. The van der Waals surface area contributed by atoms with Crippen LogP contribution in [-0.4, -0.2) is 12.5 Å². The Morgan fingerprint density at radius 3 is 2.64 bits per heavy atom. The van der Waals surface area contributed by atoms with Gasteiger partial charge in [-0.15, -0.1) is 0 Å². The van der Waals surface area contributed by atoms with E-state index in [2.05, 4.69) is 17.4 Å². The lowest BCUT2D eigenvalue weighted by atomic mass is 9.95. The molecular formula is C12H13NO. The zero-order valence-electron chi connectivity index (χ0n) is 8.21. The fraction of sp³-hybridized carbons (Fsp3) is 0.250. The topological polar surface area (TPSA) is 29.1 Å². The largest absolute Gasteiger partial charge is 0.352 e. The molecule has 0 radical (unpaired) electrons. The van der Waals surface area contributed by atoms with Crippen LogP contribution in [0.4, 0.5) is 0 Å². The molecule has 1 aromatic rings. The molecule has 2 rings (SSSR count). The molecule has 0 fully saturated rings. The summed E-state index contributed by atoms with van der Waals surface area (Å²) in [6.45, 7) is 2.64. The van der Waals surface area contributed by atoms with Gasteiger partial charge in [-0.2, -0.15) is 0 Å². The van der Waals surface area contributed by atoms with Crippen molar-refractivity contribution >= 4 is 11.5 Å². The van der Waals surface area contributed by atoms with Gasteiger partial charge in [-0.05, 0) is 24.5 Å². The zero-order valence-corrected chi connectivity index (χ0v) is 8.21. The maximum Gasteiger partial charge on any atom is 0.247 e.